The van der Waals surface area contributed by atoms with Gasteiger partial charge in [-0.1, -0.05) is 29.8 Å². The lowest BCUT2D eigenvalue weighted by Gasteiger charge is -2.09. The molecule has 27 heavy (non-hydrogen) atoms. The molecular weight excluding hydrogens is 364 g/mol. The van der Waals surface area contributed by atoms with Crippen molar-refractivity contribution in [2.24, 2.45) is 0 Å². The summed E-state index contributed by atoms with van der Waals surface area (Å²) in [5.41, 5.74) is 2.53. The fraction of sp³-hybridized carbons (Fsp3) is 0.150. The van der Waals surface area contributed by atoms with Gasteiger partial charge in [0.1, 0.15) is 0 Å². The normalized spacial score (nSPS) is 11.2. The zero-order chi connectivity index (χ0) is 19.0. The number of fused-ring (bicyclic) bond motifs is 1. The van der Waals surface area contributed by atoms with Gasteiger partial charge < -0.3 is 4.57 Å². The Labute approximate surface area is 159 Å². The van der Waals surface area contributed by atoms with Gasteiger partial charge in [0.2, 0.25) is 0 Å². The maximum atomic E-state index is 12.9. The molecule has 4 rings (SSSR count). The molecular formula is C20H17ClN4O2. The molecule has 0 saturated heterocycles. The summed E-state index contributed by atoms with van der Waals surface area (Å²) in [5.74, 6) is 0. The van der Waals surface area contributed by atoms with E-state index in [0.29, 0.717) is 34.7 Å². The smallest absolute Gasteiger partial charge is 0.276 e. The zero-order valence-electron chi connectivity index (χ0n) is 14.6. The molecule has 3 aromatic heterocycles. The highest BCUT2D eigenvalue weighted by Gasteiger charge is 2.15. The number of aryl methyl sites for hydroxylation is 1. The number of rotatable bonds is 4. The lowest BCUT2D eigenvalue weighted by atomic mass is 10.2. The van der Waals surface area contributed by atoms with Crippen molar-refractivity contribution in [2.45, 2.75) is 20.0 Å². The van der Waals surface area contributed by atoms with E-state index in [9.17, 15) is 9.59 Å². The molecule has 1 aromatic carbocycles. The Morgan fingerprint density at radius 2 is 1.85 bits per heavy atom. The van der Waals surface area contributed by atoms with Crippen LogP contribution in [0, 0.1) is 6.92 Å². The number of hydrogen-bond acceptors (Lipinski definition) is 3. The van der Waals surface area contributed by atoms with E-state index in [2.05, 4.69) is 10.1 Å². The zero-order valence-corrected chi connectivity index (χ0v) is 15.4. The molecule has 0 radical (unpaired) electrons. The van der Waals surface area contributed by atoms with Gasteiger partial charge in [0.25, 0.3) is 11.1 Å². The molecule has 7 heteroatoms. The molecule has 0 aliphatic heterocycles. The molecule has 1 N–H and O–H groups in total. The average Bonchev–Trinajstić information content (AvgIpc) is 2.97. The van der Waals surface area contributed by atoms with Crippen LogP contribution in [0.5, 0.6) is 0 Å². The largest absolute Gasteiger partial charge is 0.306 e. The Bertz CT molecular complexity index is 1220. The van der Waals surface area contributed by atoms with Crippen molar-refractivity contribution < 1.29 is 0 Å². The third-order valence-corrected chi connectivity index (χ3v) is 4.84. The van der Waals surface area contributed by atoms with Crippen molar-refractivity contribution >= 4 is 22.5 Å². The Kier molecular flexibility index (Phi) is 4.41. The SMILES string of the molecule is Cc1c2c(=O)n(Cc3ccc(Cl)cc3)[nH]c2cc(=O)n1Cc1ccccn1. The van der Waals surface area contributed by atoms with Crippen LogP contribution in [-0.2, 0) is 13.1 Å². The number of hydrogen-bond donors (Lipinski definition) is 1. The highest BCUT2D eigenvalue weighted by molar-refractivity contribution is 6.30. The number of H-pyrrole nitrogens is 1. The monoisotopic (exact) mass is 380 g/mol. The first-order valence-corrected chi connectivity index (χ1v) is 8.88. The van der Waals surface area contributed by atoms with Gasteiger partial charge in [-0.25, -0.2) is 4.68 Å². The molecule has 0 bridgehead atoms. The van der Waals surface area contributed by atoms with E-state index in [0.717, 1.165) is 11.3 Å². The first-order valence-electron chi connectivity index (χ1n) is 8.50. The predicted molar refractivity (Wildman–Crippen MR) is 105 cm³/mol. The Hall–Kier alpha value is -3.12. The standard InChI is InChI=1S/C20H17ClN4O2/c1-13-19-17(10-18(26)24(13)12-16-4-2-3-9-22-16)23-25(20(19)27)11-14-5-7-15(21)8-6-14/h2-10,23H,11-12H2,1H3. The molecule has 3 heterocycles. The molecule has 0 saturated carbocycles. The Morgan fingerprint density at radius 3 is 2.56 bits per heavy atom. The van der Waals surface area contributed by atoms with Crippen molar-refractivity contribution in [1.82, 2.24) is 19.3 Å². The first-order chi connectivity index (χ1) is 13.0. The van der Waals surface area contributed by atoms with Crippen molar-refractivity contribution in [3.8, 4) is 0 Å². The quantitative estimate of drug-likeness (QED) is 0.591. The van der Waals surface area contributed by atoms with Crippen molar-refractivity contribution in [3.63, 3.8) is 0 Å². The van der Waals surface area contributed by atoms with E-state index < -0.39 is 0 Å². The Balaban J connectivity index is 1.78. The second kappa shape index (κ2) is 6.89. The predicted octanol–water partition coefficient (Wildman–Crippen LogP) is 2.94. The molecule has 6 nitrogen and oxygen atoms in total. The van der Waals surface area contributed by atoms with Gasteiger partial charge in [-0.3, -0.25) is 19.7 Å². The minimum absolute atomic E-state index is 0.160. The number of aromatic amines is 1. The van der Waals surface area contributed by atoms with E-state index in [4.69, 9.17) is 11.6 Å². The highest BCUT2D eigenvalue weighted by atomic mass is 35.5. The fourth-order valence-corrected chi connectivity index (χ4v) is 3.32. The summed E-state index contributed by atoms with van der Waals surface area (Å²) in [6.45, 7) is 2.48. The van der Waals surface area contributed by atoms with E-state index in [1.54, 1.807) is 29.8 Å². The first kappa shape index (κ1) is 17.3. The summed E-state index contributed by atoms with van der Waals surface area (Å²) in [6.07, 6.45) is 1.68. The topological polar surface area (TPSA) is 72.7 Å². The molecule has 0 aliphatic rings. The fourth-order valence-electron chi connectivity index (χ4n) is 3.19. The minimum atomic E-state index is -0.175. The lowest BCUT2D eigenvalue weighted by Crippen LogP contribution is -2.24. The molecule has 0 amide bonds. The van der Waals surface area contributed by atoms with Crippen LogP contribution in [0.2, 0.25) is 5.02 Å². The number of aromatic nitrogens is 4. The molecule has 136 valence electrons. The highest BCUT2D eigenvalue weighted by Crippen LogP contribution is 2.14. The van der Waals surface area contributed by atoms with Crippen LogP contribution in [0.15, 0.2) is 64.3 Å². The van der Waals surface area contributed by atoms with Crippen LogP contribution in [0.4, 0.5) is 0 Å². The average molecular weight is 381 g/mol. The van der Waals surface area contributed by atoms with E-state index in [-0.39, 0.29) is 11.1 Å². The third-order valence-electron chi connectivity index (χ3n) is 4.58. The van der Waals surface area contributed by atoms with Crippen LogP contribution in [0.25, 0.3) is 10.9 Å². The van der Waals surface area contributed by atoms with Crippen molar-refractivity contribution in [1.29, 1.82) is 0 Å². The Morgan fingerprint density at radius 1 is 1.07 bits per heavy atom. The van der Waals surface area contributed by atoms with Crippen LogP contribution < -0.4 is 11.1 Å². The second-order valence-corrected chi connectivity index (χ2v) is 6.83. The van der Waals surface area contributed by atoms with Gasteiger partial charge in [0, 0.05) is 23.0 Å². The van der Waals surface area contributed by atoms with Crippen molar-refractivity contribution in [2.75, 3.05) is 0 Å². The van der Waals surface area contributed by atoms with Crippen LogP contribution in [0.1, 0.15) is 17.0 Å². The number of nitrogens with zero attached hydrogens (tertiary/aromatic N) is 3. The summed E-state index contributed by atoms with van der Waals surface area (Å²) in [7, 11) is 0. The van der Waals surface area contributed by atoms with Crippen LogP contribution >= 0.6 is 11.6 Å². The summed E-state index contributed by atoms with van der Waals surface area (Å²) in [4.78, 5) is 29.7. The van der Waals surface area contributed by atoms with E-state index >= 15 is 0 Å². The summed E-state index contributed by atoms with van der Waals surface area (Å²) in [5, 5.41) is 4.20. The molecule has 0 unspecified atom stereocenters. The number of halogens is 1. The van der Waals surface area contributed by atoms with Gasteiger partial charge in [0.05, 0.1) is 29.7 Å². The van der Waals surface area contributed by atoms with E-state index in [1.807, 2.05) is 30.3 Å². The van der Waals surface area contributed by atoms with Gasteiger partial charge in [-0.15, -0.1) is 0 Å². The lowest BCUT2D eigenvalue weighted by molar-refractivity contribution is 0.672. The van der Waals surface area contributed by atoms with Crippen LogP contribution in [-0.4, -0.2) is 19.3 Å². The van der Waals surface area contributed by atoms with Crippen molar-refractivity contribution in [3.05, 3.63) is 97.4 Å². The van der Waals surface area contributed by atoms with Gasteiger partial charge in [-0.2, -0.15) is 0 Å². The summed E-state index contributed by atoms with van der Waals surface area (Å²) in [6, 6.07) is 14.3. The van der Waals surface area contributed by atoms with Gasteiger partial charge in [-0.05, 0) is 36.8 Å². The summed E-state index contributed by atoms with van der Waals surface area (Å²) < 4.78 is 3.08. The number of nitrogens with one attached hydrogen (secondary N) is 1. The molecule has 0 atom stereocenters. The molecule has 0 spiro atoms. The van der Waals surface area contributed by atoms with Crippen LogP contribution in [0.3, 0.4) is 0 Å². The molecule has 0 fully saturated rings. The maximum absolute atomic E-state index is 12.9. The summed E-state index contributed by atoms with van der Waals surface area (Å²) >= 11 is 5.91. The maximum Gasteiger partial charge on any atom is 0.276 e. The molecule has 4 aromatic rings. The van der Waals surface area contributed by atoms with Gasteiger partial charge >= 0.3 is 0 Å². The third kappa shape index (κ3) is 3.31. The second-order valence-electron chi connectivity index (χ2n) is 6.39. The number of pyridine rings is 2. The minimum Gasteiger partial charge on any atom is -0.306 e. The van der Waals surface area contributed by atoms with Gasteiger partial charge in [0.15, 0.2) is 0 Å². The van der Waals surface area contributed by atoms with E-state index in [1.165, 1.54) is 10.7 Å². The molecule has 0 aliphatic carbocycles. The number of benzene rings is 1.